The van der Waals surface area contributed by atoms with E-state index in [4.69, 9.17) is 9.47 Å². The molecular formula is C18H20F3NO4S. The summed E-state index contributed by atoms with van der Waals surface area (Å²) in [6, 6.07) is 6.81. The number of hydrogen-bond donors (Lipinski definition) is 0. The van der Waals surface area contributed by atoms with E-state index in [0.29, 0.717) is 6.07 Å². The highest BCUT2D eigenvalue weighted by Gasteiger charge is 2.31. The fraction of sp³-hybridized carbons (Fsp3) is 0.333. The van der Waals surface area contributed by atoms with E-state index in [0.717, 1.165) is 28.6 Å². The molecule has 0 bridgehead atoms. The average molecular weight is 403 g/mol. The van der Waals surface area contributed by atoms with Crippen LogP contribution in [0.25, 0.3) is 0 Å². The second-order valence-electron chi connectivity index (χ2n) is 5.43. The zero-order valence-electron chi connectivity index (χ0n) is 14.9. The van der Waals surface area contributed by atoms with E-state index >= 15 is 0 Å². The Morgan fingerprint density at radius 2 is 1.48 bits per heavy atom. The van der Waals surface area contributed by atoms with Gasteiger partial charge >= 0.3 is 0 Å². The molecule has 27 heavy (non-hydrogen) atoms. The Kier molecular flexibility index (Phi) is 7.23. The standard InChI is InChI=1S/C18H20F3NO4S/c1-3-25-18(26-4-2)12-22(15-8-5-13(19)6-9-15)27(23,24)17-10-7-14(20)11-16(17)21/h5-11,18H,3-4,12H2,1-2H3. The molecule has 0 atom stereocenters. The SMILES string of the molecule is CCOC(CN(c1ccc(F)cc1)S(=O)(=O)c1ccc(F)cc1F)OCC. The first-order valence-electron chi connectivity index (χ1n) is 8.26. The largest absolute Gasteiger partial charge is 0.351 e. The van der Waals surface area contributed by atoms with Gasteiger partial charge in [-0.25, -0.2) is 21.6 Å². The van der Waals surface area contributed by atoms with Gasteiger partial charge in [0.2, 0.25) is 0 Å². The van der Waals surface area contributed by atoms with Gasteiger partial charge in [0.05, 0.1) is 12.2 Å². The topological polar surface area (TPSA) is 55.8 Å². The molecule has 148 valence electrons. The van der Waals surface area contributed by atoms with Gasteiger partial charge in [-0.15, -0.1) is 0 Å². The van der Waals surface area contributed by atoms with Crippen LogP contribution in [0, 0.1) is 17.5 Å². The van der Waals surface area contributed by atoms with Crippen LogP contribution in [0.15, 0.2) is 47.4 Å². The maximum atomic E-state index is 14.2. The molecule has 2 aromatic carbocycles. The lowest BCUT2D eigenvalue weighted by Gasteiger charge is -2.28. The van der Waals surface area contributed by atoms with Crippen molar-refractivity contribution in [1.82, 2.24) is 0 Å². The molecule has 0 aliphatic carbocycles. The average Bonchev–Trinajstić information content (AvgIpc) is 2.60. The molecule has 0 radical (unpaired) electrons. The molecule has 0 unspecified atom stereocenters. The molecule has 0 aromatic heterocycles. The van der Waals surface area contributed by atoms with E-state index in [-0.39, 0.29) is 25.4 Å². The highest BCUT2D eigenvalue weighted by atomic mass is 32.2. The van der Waals surface area contributed by atoms with E-state index in [1.54, 1.807) is 13.8 Å². The second-order valence-corrected chi connectivity index (χ2v) is 7.26. The Balaban J connectivity index is 2.51. The number of rotatable bonds is 9. The smallest absolute Gasteiger partial charge is 0.267 e. The van der Waals surface area contributed by atoms with Crippen molar-refractivity contribution in [3.63, 3.8) is 0 Å². The number of ether oxygens (including phenoxy) is 2. The molecule has 2 aromatic rings. The molecule has 0 aliphatic rings. The fourth-order valence-corrected chi connectivity index (χ4v) is 3.91. The minimum atomic E-state index is -4.44. The Morgan fingerprint density at radius 3 is 2.00 bits per heavy atom. The molecule has 0 spiro atoms. The van der Waals surface area contributed by atoms with E-state index in [1.807, 2.05) is 0 Å². The van der Waals surface area contributed by atoms with Gasteiger partial charge in [0.1, 0.15) is 22.3 Å². The normalized spacial score (nSPS) is 11.8. The molecule has 0 heterocycles. The summed E-state index contributed by atoms with van der Waals surface area (Å²) in [5.74, 6) is -2.69. The minimum absolute atomic E-state index is 0.0875. The first-order valence-corrected chi connectivity index (χ1v) is 9.70. The summed E-state index contributed by atoms with van der Waals surface area (Å²) in [7, 11) is -4.44. The van der Waals surface area contributed by atoms with E-state index < -0.39 is 38.7 Å². The lowest BCUT2D eigenvalue weighted by atomic mass is 10.3. The van der Waals surface area contributed by atoms with Crippen molar-refractivity contribution in [2.45, 2.75) is 25.0 Å². The van der Waals surface area contributed by atoms with Crippen molar-refractivity contribution in [2.24, 2.45) is 0 Å². The maximum Gasteiger partial charge on any atom is 0.267 e. The number of hydrogen-bond acceptors (Lipinski definition) is 4. The number of halogens is 3. The summed E-state index contributed by atoms with van der Waals surface area (Å²) in [4.78, 5) is -0.708. The van der Waals surface area contributed by atoms with Gasteiger partial charge in [-0.2, -0.15) is 0 Å². The van der Waals surface area contributed by atoms with Crippen molar-refractivity contribution in [3.8, 4) is 0 Å². The summed E-state index contributed by atoms with van der Waals surface area (Å²) >= 11 is 0. The highest BCUT2D eigenvalue weighted by Crippen LogP contribution is 2.27. The molecule has 0 aliphatic heterocycles. The molecule has 0 saturated carbocycles. The molecule has 5 nitrogen and oxygen atoms in total. The third-order valence-electron chi connectivity index (χ3n) is 3.60. The predicted molar refractivity (Wildman–Crippen MR) is 94.3 cm³/mol. The highest BCUT2D eigenvalue weighted by molar-refractivity contribution is 7.92. The number of sulfonamides is 1. The lowest BCUT2D eigenvalue weighted by Crippen LogP contribution is -2.40. The van der Waals surface area contributed by atoms with Crippen LogP contribution in [-0.2, 0) is 19.5 Å². The predicted octanol–water partition coefficient (Wildman–Crippen LogP) is 3.70. The third-order valence-corrected chi connectivity index (χ3v) is 5.42. The fourth-order valence-electron chi connectivity index (χ4n) is 2.41. The van der Waals surface area contributed by atoms with Crippen LogP contribution in [-0.4, -0.2) is 34.5 Å². The van der Waals surface area contributed by atoms with Crippen LogP contribution >= 0.6 is 0 Å². The third kappa shape index (κ3) is 5.21. The number of nitrogens with zero attached hydrogens (tertiary/aromatic N) is 1. The molecule has 0 amide bonds. The molecule has 2 rings (SSSR count). The van der Waals surface area contributed by atoms with Crippen LogP contribution < -0.4 is 4.31 Å². The van der Waals surface area contributed by atoms with E-state index in [1.165, 1.54) is 12.1 Å². The summed E-state index contributed by atoms with van der Waals surface area (Å²) < 4.78 is 78.3. The van der Waals surface area contributed by atoms with Gasteiger partial charge in [0.15, 0.2) is 6.29 Å². The van der Waals surface area contributed by atoms with Crippen LogP contribution in [0.1, 0.15) is 13.8 Å². The van der Waals surface area contributed by atoms with Crippen molar-refractivity contribution in [1.29, 1.82) is 0 Å². The minimum Gasteiger partial charge on any atom is -0.351 e. The van der Waals surface area contributed by atoms with Crippen LogP contribution in [0.3, 0.4) is 0 Å². The van der Waals surface area contributed by atoms with Crippen molar-refractivity contribution >= 4 is 15.7 Å². The van der Waals surface area contributed by atoms with Crippen LogP contribution in [0.5, 0.6) is 0 Å². The maximum absolute atomic E-state index is 14.2. The van der Waals surface area contributed by atoms with Gasteiger partial charge < -0.3 is 9.47 Å². The van der Waals surface area contributed by atoms with Crippen LogP contribution in [0.2, 0.25) is 0 Å². The number of benzene rings is 2. The second kappa shape index (κ2) is 9.20. The quantitative estimate of drug-likeness (QED) is 0.599. The van der Waals surface area contributed by atoms with Gasteiger partial charge in [0, 0.05) is 19.3 Å². The first kappa shape index (κ1) is 21.2. The molecule has 9 heteroatoms. The van der Waals surface area contributed by atoms with Gasteiger partial charge in [-0.3, -0.25) is 4.31 Å². The molecular weight excluding hydrogens is 383 g/mol. The van der Waals surface area contributed by atoms with Gasteiger partial charge in [-0.05, 0) is 50.2 Å². The molecule has 0 fully saturated rings. The van der Waals surface area contributed by atoms with Crippen molar-refractivity contribution in [2.75, 3.05) is 24.1 Å². The Bertz CT molecular complexity index is 853. The van der Waals surface area contributed by atoms with E-state index in [2.05, 4.69) is 0 Å². The molecule has 0 N–H and O–H groups in total. The molecule has 0 saturated heterocycles. The zero-order chi connectivity index (χ0) is 20.0. The van der Waals surface area contributed by atoms with E-state index in [9.17, 15) is 21.6 Å². The summed E-state index contributed by atoms with van der Waals surface area (Å²) in [5, 5.41) is 0. The summed E-state index contributed by atoms with van der Waals surface area (Å²) in [5.41, 5.74) is 0.0875. The number of anilines is 1. The van der Waals surface area contributed by atoms with Gasteiger partial charge in [0.25, 0.3) is 10.0 Å². The van der Waals surface area contributed by atoms with Crippen molar-refractivity contribution < 1.29 is 31.1 Å². The van der Waals surface area contributed by atoms with Crippen molar-refractivity contribution in [3.05, 3.63) is 59.9 Å². The Labute approximate surface area is 156 Å². The first-order chi connectivity index (χ1) is 12.8. The Hall–Kier alpha value is -2.10. The zero-order valence-corrected chi connectivity index (χ0v) is 15.7. The monoisotopic (exact) mass is 403 g/mol. The summed E-state index contributed by atoms with van der Waals surface area (Å²) in [6.45, 7) is 3.64. The van der Waals surface area contributed by atoms with Crippen LogP contribution in [0.4, 0.5) is 18.9 Å². The Morgan fingerprint density at radius 1 is 0.926 bits per heavy atom. The summed E-state index contributed by atoms with van der Waals surface area (Å²) in [6.07, 6.45) is -0.927. The van der Waals surface area contributed by atoms with Gasteiger partial charge in [-0.1, -0.05) is 0 Å². The lowest BCUT2D eigenvalue weighted by molar-refractivity contribution is -0.128.